The van der Waals surface area contributed by atoms with Crippen LogP contribution in [0.4, 0.5) is 0 Å². The first kappa shape index (κ1) is 12.6. The molecule has 0 radical (unpaired) electrons. The van der Waals surface area contributed by atoms with Crippen LogP contribution in [0.15, 0.2) is 29.2 Å². The molecule has 2 fully saturated rings. The quantitative estimate of drug-likeness (QED) is 0.865. The van der Waals surface area contributed by atoms with E-state index in [4.69, 9.17) is 0 Å². The van der Waals surface area contributed by atoms with E-state index in [1.165, 1.54) is 4.31 Å². The normalized spacial score (nSPS) is 27.3. The molecule has 2 heterocycles. The number of hydrogen-bond donors (Lipinski definition) is 1. The van der Waals surface area contributed by atoms with Crippen molar-refractivity contribution in [1.82, 2.24) is 9.62 Å². The summed E-state index contributed by atoms with van der Waals surface area (Å²) in [5, 5.41) is 2.83. The summed E-state index contributed by atoms with van der Waals surface area (Å²) in [4.78, 5) is 11.7. The van der Waals surface area contributed by atoms with E-state index in [-0.39, 0.29) is 24.4 Å². The molecule has 1 N–H and O–H groups in total. The van der Waals surface area contributed by atoms with Crippen molar-refractivity contribution in [3.63, 3.8) is 0 Å². The molecule has 6 heteroatoms. The van der Waals surface area contributed by atoms with Crippen LogP contribution in [0.2, 0.25) is 0 Å². The third-order valence-corrected chi connectivity index (χ3v) is 5.80. The fourth-order valence-electron chi connectivity index (χ4n) is 2.84. The second-order valence-electron chi connectivity index (χ2n) is 5.16. The van der Waals surface area contributed by atoms with Gasteiger partial charge in [0.15, 0.2) is 0 Å². The molecule has 0 saturated carbocycles. The molecule has 1 aromatic carbocycles. The van der Waals surface area contributed by atoms with E-state index in [0.29, 0.717) is 17.9 Å². The lowest BCUT2D eigenvalue weighted by Gasteiger charge is -2.22. The van der Waals surface area contributed by atoms with Gasteiger partial charge in [0, 0.05) is 19.0 Å². The molecule has 0 spiro atoms. The van der Waals surface area contributed by atoms with Gasteiger partial charge in [0.05, 0.1) is 10.9 Å². The van der Waals surface area contributed by atoms with Crippen LogP contribution in [0.1, 0.15) is 18.4 Å². The molecule has 0 unspecified atom stereocenters. The zero-order valence-electron chi connectivity index (χ0n) is 10.7. The molecule has 2 saturated heterocycles. The molecule has 102 valence electrons. The predicted molar refractivity (Wildman–Crippen MR) is 70.0 cm³/mol. The summed E-state index contributed by atoms with van der Waals surface area (Å²) >= 11 is 0. The summed E-state index contributed by atoms with van der Waals surface area (Å²) in [5.74, 6) is -0.0567. The molecule has 0 aromatic heterocycles. The smallest absolute Gasteiger partial charge is 0.243 e. The number of nitrogens with one attached hydrogen (secondary N) is 1. The molecular weight excluding hydrogens is 264 g/mol. The van der Waals surface area contributed by atoms with Gasteiger partial charge in [-0.3, -0.25) is 4.79 Å². The first-order valence-electron chi connectivity index (χ1n) is 6.36. The number of sulfonamides is 1. The van der Waals surface area contributed by atoms with Crippen LogP contribution < -0.4 is 5.32 Å². The fourth-order valence-corrected chi connectivity index (χ4v) is 4.51. The molecule has 2 atom stereocenters. The molecule has 0 bridgehead atoms. The average Bonchev–Trinajstić information content (AvgIpc) is 2.88. The van der Waals surface area contributed by atoms with Gasteiger partial charge in [0.1, 0.15) is 0 Å². The van der Waals surface area contributed by atoms with Crippen molar-refractivity contribution in [3.05, 3.63) is 29.8 Å². The van der Waals surface area contributed by atoms with Crippen LogP contribution >= 0.6 is 0 Å². The monoisotopic (exact) mass is 280 g/mol. The SMILES string of the molecule is Cc1ccc(S(=O)(=O)N2CC[C@H]3NC(=O)C[C@H]32)cc1. The van der Waals surface area contributed by atoms with Gasteiger partial charge >= 0.3 is 0 Å². The summed E-state index contributed by atoms with van der Waals surface area (Å²) in [6.45, 7) is 2.40. The van der Waals surface area contributed by atoms with Gasteiger partial charge in [0.2, 0.25) is 15.9 Å². The Balaban J connectivity index is 1.93. The highest BCUT2D eigenvalue weighted by atomic mass is 32.2. The second-order valence-corrected chi connectivity index (χ2v) is 7.05. The van der Waals surface area contributed by atoms with E-state index in [2.05, 4.69) is 5.32 Å². The van der Waals surface area contributed by atoms with E-state index < -0.39 is 10.0 Å². The molecule has 2 aliphatic heterocycles. The Hall–Kier alpha value is -1.40. The minimum absolute atomic E-state index is 0.0206. The average molecular weight is 280 g/mol. The lowest BCUT2D eigenvalue weighted by Crippen LogP contribution is -2.38. The first-order valence-corrected chi connectivity index (χ1v) is 7.80. The molecule has 1 amide bonds. The maximum Gasteiger partial charge on any atom is 0.243 e. The molecule has 3 rings (SSSR count). The lowest BCUT2D eigenvalue weighted by molar-refractivity contribution is -0.119. The van der Waals surface area contributed by atoms with Crippen molar-refractivity contribution >= 4 is 15.9 Å². The van der Waals surface area contributed by atoms with Gasteiger partial charge in [-0.25, -0.2) is 8.42 Å². The van der Waals surface area contributed by atoms with Crippen LogP contribution in [0.5, 0.6) is 0 Å². The number of rotatable bonds is 2. The van der Waals surface area contributed by atoms with Crippen LogP contribution in [0.3, 0.4) is 0 Å². The Morgan fingerprint density at radius 2 is 1.95 bits per heavy atom. The van der Waals surface area contributed by atoms with E-state index in [1.54, 1.807) is 24.3 Å². The first-order chi connectivity index (χ1) is 8.98. The molecule has 2 aliphatic rings. The second kappa shape index (κ2) is 4.31. The van der Waals surface area contributed by atoms with Crippen LogP contribution in [0.25, 0.3) is 0 Å². The largest absolute Gasteiger partial charge is 0.352 e. The van der Waals surface area contributed by atoms with Gasteiger partial charge in [-0.05, 0) is 25.5 Å². The lowest BCUT2D eigenvalue weighted by atomic mass is 10.1. The predicted octanol–water partition coefficient (Wildman–Crippen LogP) is 0.647. The van der Waals surface area contributed by atoms with Crippen LogP contribution in [-0.4, -0.2) is 37.3 Å². The number of benzene rings is 1. The Morgan fingerprint density at radius 1 is 1.26 bits per heavy atom. The van der Waals surface area contributed by atoms with Crippen molar-refractivity contribution in [2.75, 3.05) is 6.54 Å². The number of carbonyl (C=O) groups excluding carboxylic acids is 1. The van der Waals surface area contributed by atoms with Gasteiger partial charge in [0.25, 0.3) is 0 Å². The third-order valence-electron chi connectivity index (χ3n) is 3.86. The van der Waals surface area contributed by atoms with Crippen LogP contribution in [0, 0.1) is 6.92 Å². The minimum Gasteiger partial charge on any atom is -0.352 e. The summed E-state index contributed by atoms with van der Waals surface area (Å²) in [6, 6.07) is 6.59. The van der Waals surface area contributed by atoms with E-state index >= 15 is 0 Å². The van der Waals surface area contributed by atoms with Crippen molar-refractivity contribution in [1.29, 1.82) is 0 Å². The number of fused-ring (bicyclic) bond motifs is 1. The maximum atomic E-state index is 12.6. The molecule has 19 heavy (non-hydrogen) atoms. The Morgan fingerprint density at radius 3 is 2.63 bits per heavy atom. The number of nitrogens with zero attached hydrogens (tertiary/aromatic N) is 1. The number of hydrogen-bond acceptors (Lipinski definition) is 3. The molecule has 1 aromatic rings. The topological polar surface area (TPSA) is 66.5 Å². The standard InChI is InChI=1S/C13H16N2O3S/c1-9-2-4-10(5-3-9)19(17,18)15-7-6-11-12(15)8-13(16)14-11/h2-5,11-12H,6-8H2,1H3,(H,14,16)/t11-,12-/m1/s1. The van der Waals surface area contributed by atoms with Crippen molar-refractivity contribution in [2.45, 2.75) is 36.7 Å². The maximum absolute atomic E-state index is 12.6. The molecule has 5 nitrogen and oxygen atoms in total. The fraction of sp³-hybridized carbons (Fsp3) is 0.462. The van der Waals surface area contributed by atoms with Gasteiger partial charge < -0.3 is 5.32 Å². The van der Waals surface area contributed by atoms with Crippen molar-refractivity contribution in [3.8, 4) is 0 Å². The highest BCUT2D eigenvalue weighted by Gasteiger charge is 2.46. The van der Waals surface area contributed by atoms with Gasteiger partial charge in [-0.15, -0.1) is 0 Å². The van der Waals surface area contributed by atoms with E-state index in [1.807, 2.05) is 6.92 Å². The zero-order chi connectivity index (χ0) is 13.6. The van der Waals surface area contributed by atoms with Gasteiger partial charge in [-0.2, -0.15) is 4.31 Å². The number of amides is 1. The third kappa shape index (κ3) is 2.04. The summed E-state index contributed by atoms with van der Waals surface area (Å²) in [7, 11) is -3.49. The highest BCUT2D eigenvalue weighted by Crippen LogP contribution is 2.31. The minimum atomic E-state index is -3.49. The van der Waals surface area contributed by atoms with E-state index in [9.17, 15) is 13.2 Å². The summed E-state index contributed by atoms with van der Waals surface area (Å²) < 4.78 is 26.6. The Kier molecular flexibility index (Phi) is 2.87. The Labute approximate surface area is 112 Å². The van der Waals surface area contributed by atoms with E-state index in [0.717, 1.165) is 5.56 Å². The Bertz CT molecular complexity index is 609. The molecular formula is C13H16N2O3S. The number of aryl methyl sites for hydroxylation is 1. The van der Waals surface area contributed by atoms with Crippen molar-refractivity contribution in [2.24, 2.45) is 0 Å². The zero-order valence-corrected chi connectivity index (χ0v) is 11.5. The number of carbonyl (C=O) groups is 1. The molecule has 0 aliphatic carbocycles. The summed E-state index contributed by atoms with van der Waals surface area (Å²) in [6.07, 6.45) is 0.970. The van der Waals surface area contributed by atoms with Gasteiger partial charge in [-0.1, -0.05) is 17.7 Å². The van der Waals surface area contributed by atoms with Crippen LogP contribution in [-0.2, 0) is 14.8 Å². The van der Waals surface area contributed by atoms with Crippen molar-refractivity contribution < 1.29 is 13.2 Å². The summed E-state index contributed by atoms with van der Waals surface area (Å²) in [5.41, 5.74) is 1.02. The highest BCUT2D eigenvalue weighted by molar-refractivity contribution is 7.89.